The fraction of sp³-hybridized carbons (Fsp3) is 0.381. The molecule has 25 heavy (non-hydrogen) atoms. The lowest BCUT2D eigenvalue weighted by atomic mass is 9.98. The molecule has 2 saturated heterocycles. The molecule has 2 aliphatic heterocycles. The maximum Gasteiger partial charge on any atom is 0.227 e. The van der Waals surface area contributed by atoms with Crippen LogP contribution in [0.15, 0.2) is 54.6 Å². The molecule has 4 heteroatoms. The third-order valence-corrected chi connectivity index (χ3v) is 5.19. The predicted octanol–water partition coefficient (Wildman–Crippen LogP) is 2.69. The predicted molar refractivity (Wildman–Crippen MR) is 102 cm³/mol. The zero-order valence-electron chi connectivity index (χ0n) is 14.5. The summed E-state index contributed by atoms with van der Waals surface area (Å²) in [5, 5.41) is 3.40. The first-order valence-corrected chi connectivity index (χ1v) is 9.19. The lowest BCUT2D eigenvalue weighted by Crippen LogP contribution is -2.43. The second kappa shape index (κ2) is 7.28. The quantitative estimate of drug-likeness (QED) is 0.933. The number of amides is 1. The van der Waals surface area contributed by atoms with Crippen LogP contribution < -0.4 is 15.1 Å². The molecule has 2 aromatic rings. The Hall–Kier alpha value is -2.33. The minimum absolute atomic E-state index is 0.245. The second-order valence-electron chi connectivity index (χ2n) is 7.02. The van der Waals surface area contributed by atoms with Gasteiger partial charge in [-0.3, -0.25) is 4.79 Å². The van der Waals surface area contributed by atoms with E-state index in [1.165, 1.54) is 11.3 Å². The first kappa shape index (κ1) is 16.2. The molecule has 4 rings (SSSR count). The Morgan fingerprint density at radius 1 is 0.960 bits per heavy atom. The van der Waals surface area contributed by atoms with Crippen molar-refractivity contribution in [2.75, 3.05) is 42.5 Å². The van der Waals surface area contributed by atoms with E-state index in [0.717, 1.165) is 44.8 Å². The molecule has 0 radical (unpaired) electrons. The van der Waals surface area contributed by atoms with Gasteiger partial charge in [0, 0.05) is 50.5 Å². The fourth-order valence-electron chi connectivity index (χ4n) is 3.91. The standard InChI is InChI=1S/C21H25N3O/c25-21-15-18(16-24(21)19-6-2-1-3-7-19)13-17-5-4-8-20(14-17)23-11-9-22-10-12-23/h1-8,14,18,22H,9-13,15-16H2. The summed E-state index contributed by atoms with van der Waals surface area (Å²) < 4.78 is 0. The van der Waals surface area contributed by atoms with Gasteiger partial charge < -0.3 is 15.1 Å². The topological polar surface area (TPSA) is 35.6 Å². The zero-order chi connectivity index (χ0) is 17.1. The molecule has 4 nitrogen and oxygen atoms in total. The van der Waals surface area contributed by atoms with Crippen molar-refractivity contribution in [2.45, 2.75) is 12.8 Å². The first-order valence-electron chi connectivity index (χ1n) is 9.19. The highest BCUT2D eigenvalue weighted by molar-refractivity contribution is 5.95. The monoisotopic (exact) mass is 335 g/mol. The van der Waals surface area contributed by atoms with Crippen LogP contribution in [-0.2, 0) is 11.2 Å². The maximum atomic E-state index is 12.4. The van der Waals surface area contributed by atoms with Crippen LogP contribution in [0, 0.1) is 5.92 Å². The summed E-state index contributed by atoms with van der Waals surface area (Å²) in [4.78, 5) is 16.8. The van der Waals surface area contributed by atoms with Crippen molar-refractivity contribution in [3.63, 3.8) is 0 Å². The van der Waals surface area contributed by atoms with Crippen molar-refractivity contribution in [1.29, 1.82) is 0 Å². The molecule has 1 amide bonds. The van der Waals surface area contributed by atoms with Gasteiger partial charge in [-0.15, -0.1) is 0 Å². The number of rotatable bonds is 4. The van der Waals surface area contributed by atoms with E-state index in [4.69, 9.17) is 0 Å². The van der Waals surface area contributed by atoms with Gasteiger partial charge in [0.2, 0.25) is 5.91 Å². The van der Waals surface area contributed by atoms with E-state index in [1.54, 1.807) is 0 Å². The Bertz CT molecular complexity index is 725. The summed E-state index contributed by atoms with van der Waals surface area (Å²) in [5.74, 6) is 0.639. The largest absolute Gasteiger partial charge is 0.369 e. The van der Waals surface area contributed by atoms with E-state index in [9.17, 15) is 4.79 Å². The summed E-state index contributed by atoms with van der Waals surface area (Å²) in [6.45, 7) is 5.04. The van der Waals surface area contributed by atoms with Crippen LogP contribution in [0.3, 0.4) is 0 Å². The average molecular weight is 335 g/mol. The minimum Gasteiger partial charge on any atom is -0.369 e. The van der Waals surface area contributed by atoms with Crippen molar-refractivity contribution >= 4 is 17.3 Å². The third-order valence-electron chi connectivity index (χ3n) is 5.19. The molecular weight excluding hydrogens is 310 g/mol. The van der Waals surface area contributed by atoms with Crippen molar-refractivity contribution < 1.29 is 4.79 Å². The van der Waals surface area contributed by atoms with Gasteiger partial charge in [-0.1, -0.05) is 30.3 Å². The van der Waals surface area contributed by atoms with E-state index < -0.39 is 0 Å². The van der Waals surface area contributed by atoms with Crippen LogP contribution in [0.1, 0.15) is 12.0 Å². The number of anilines is 2. The summed E-state index contributed by atoms with van der Waals surface area (Å²) in [7, 11) is 0. The molecular formula is C21H25N3O. The Kier molecular flexibility index (Phi) is 4.70. The summed E-state index contributed by atoms with van der Waals surface area (Å²) in [5.41, 5.74) is 3.66. The van der Waals surface area contributed by atoms with Gasteiger partial charge >= 0.3 is 0 Å². The highest BCUT2D eigenvalue weighted by Gasteiger charge is 2.30. The molecule has 2 aliphatic rings. The highest BCUT2D eigenvalue weighted by Crippen LogP contribution is 2.28. The number of nitrogens with one attached hydrogen (secondary N) is 1. The Morgan fingerprint density at radius 2 is 1.72 bits per heavy atom. The van der Waals surface area contributed by atoms with Crippen LogP contribution in [-0.4, -0.2) is 38.6 Å². The first-order chi connectivity index (χ1) is 12.3. The minimum atomic E-state index is 0.245. The number of hydrogen-bond acceptors (Lipinski definition) is 3. The van der Waals surface area contributed by atoms with Crippen LogP contribution in [0.2, 0.25) is 0 Å². The van der Waals surface area contributed by atoms with Crippen LogP contribution in [0.25, 0.3) is 0 Å². The Morgan fingerprint density at radius 3 is 2.52 bits per heavy atom. The van der Waals surface area contributed by atoms with E-state index in [1.807, 2.05) is 35.2 Å². The Labute approximate surface area is 149 Å². The third kappa shape index (κ3) is 3.69. The molecule has 2 heterocycles. The molecule has 0 spiro atoms. The number of para-hydroxylation sites is 1. The fourth-order valence-corrected chi connectivity index (χ4v) is 3.91. The van der Waals surface area contributed by atoms with Crippen LogP contribution in [0.5, 0.6) is 0 Å². The number of piperazine rings is 1. The molecule has 1 N–H and O–H groups in total. The van der Waals surface area contributed by atoms with Gasteiger partial charge in [0.05, 0.1) is 0 Å². The lowest BCUT2D eigenvalue weighted by molar-refractivity contribution is -0.117. The summed E-state index contributed by atoms with van der Waals surface area (Å²) in [6, 6.07) is 18.9. The van der Waals surface area contributed by atoms with Gasteiger partial charge in [-0.2, -0.15) is 0 Å². The number of hydrogen-bond donors (Lipinski definition) is 1. The zero-order valence-corrected chi connectivity index (χ0v) is 14.5. The normalized spacial score (nSPS) is 21.0. The SMILES string of the molecule is O=C1CC(Cc2cccc(N3CCNCC3)c2)CN1c1ccccc1. The van der Waals surface area contributed by atoms with Gasteiger partial charge in [0.25, 0.3) is 0 Å². The molecule has 0 aromatic heterocycles. The second-order valence-corrected chi connectivity index (χ2v) is 7.02. The number of benzene rings is 2. The van der Waals surface area contributed by atoms with Crippen molar-refractivity contribution in [1.82, 2.24) is 5.32 Å². The van der Waals surface area contributed by atoms with E-state index in [2.05, 4.69) is 34.5 Å². The summed E-state index contributed by atoms with van der Waals surface area (Å²) >= 11 is 0. The molecule has 0 aliphatic carbocycles. The number of carbonyl (C=O) groups is 1. The lowest BCUT2D eigenvalue weighted by Gasteiger charge is -2.29. The van der Waals surface area contributed by atoms with E-state index in [-0.39, 0.29) is 5.91 Å². The van der Waals surface area contributed by atoms with Crippen molar-refractivity contribution in [3.05, 3.63) is 60.2 Å². The maximum absolute atomic E-state index is 12.4. The van der Waals surface area contributed by atoms with E-state index >= 15 is 0 Å². The van der Waals surface area contributed by atoms with E-state index in [0.29, 0.717) is 12.3 Å². The average Bonchev–Trinajstić information content (AvgIpc) is 3.03. The molecule has 1 atom stereocenters. The molecule has 130 valence electrons. The molecule has 2 fully saturated rings. The van der Waals surface area contributed by atoms with Gasteiger partial charge in [0.1, 0.15) is 0 Å². The van der Waals surface area contributed by atoms with Crippen LogP contribution >= 0.6 is 0 Å². The van der Waals surface area contributed by atoms with Crippen LogP contribution in [0.4, 0.5) is 11.4 Å². The molecule has 1 unspecified atom stereocenters. The van der Waals surface area contributed by atoms with Gasteiger partial charge in [0.15, 0.2) is 0 Å². The van der Waals surface area contributed by atoms with Gasteiger partial charge in [-0.05, 0) is 42.2 Å². The molecule has 0 saturated carbocycles. The summed E-state index contributed by atoms with van der Waals surface area (Å²) in [6.07, 6.45) is 1.61. The smallest absolute Gasteiger partial charge is 0.227 e. The van der Waals surface area contributed by atoms with Gasteiger partial charge in [-0.25, -0.2) is 0 Å². The number of carbonyl (C=O) groups excluding carboxylic acids is 1. The van der Waals surface area contributed by atoms with Crippen molar-refractivity contribution in [3.8, 4) is 0 Å². The molecule has 2 aromatic carbocycles. The highest BCUT2D eigenvalue weighted by atomic mass is 16.2. The molecule has 0 bridgehead atoms. The van der Waals surface area contributed by atoms with Crippen molar-refractivity contribution in [2.24, 2.45) is 5.92 Å². The Balaban J connectivity index is 1.43. The number of nitrogens with zero attached hydrogens (tertiary/aromatic N) is 2.